The number of hydrazine groups is 1. The minimum absolute atomic E-state index is 0.0499. The minimum Gasteiger partial charge on any atom is -0.352 e. The topological polar surface area (TPSA) is 113 Å². The van der Waals surface area contributed by atoms with E-state index in [4.69, 9.17) is 17.3 Å². The van der Waals surface area contributed by atoms with Crippen molar-refractivity contribution in [2.24, 2.45) is 28.9 Å². The van der Waals surface area contributed by atoms with Crippen LogP contribution >= 0.6 is 11.6 Å². The summed E-state index contributed by atoms with van der Waals surface area (Å²) in [6.45, 7) is 0. The molecule has 4 fully saturated rings. The molecule has 0 saturated heterocycles. The molecule has 156 valence electrons. The number of halogens is 1. The van der Waals surface area contributed by atoms with Crippen molar-refractivity contribution in [1.82, 2.24) is 16.2 Å². The van der Waals surface area contributed by atoms with E-state index in [0.717, 1.165) is 19.3 Å². The average molecular weight is 419 g/mol. The molecule has 8 heteroatoms. The fourth-order valence-corrected chi connectivity index (χ4v) is 6.13. The monoisotopic (exact) mass is 418 g/mol. The first-order valence-corrected chi connectivity index (χ1v) is 10.6. The zero-order valence-electron chi connectivity index (χ0n) is 16.2. The lowest BCUT2D eigenvalue weighted by Crippen LogP contribution is -2.56. The van der Waals surface area contributed by atoms with Crippen molar-refractivity contribution in [3.63, 3.8) is 0 Å². The van der Waals surface area contributed by atoms with Gasteiger partial charge in [0.2, 0.25) is 11.8 Å². The molecular weight excluding hydrogens is 392 g/mol. The first-order valence-electron chi connectivity index (χ1n) is 10.2. The first-order chi connectivity index (χ1) is 13.8. The molecule has 0 aliphatic heterocycles. The van der Waals surface area contributed by atoms with E-state index < -0.39 is 18.0 Å². The van der Waals surface area contributed by atoms with Crippen LogP contribution in [0.2, 0.25) is 5.02 Å². The average Bonchev–Trinajstić information content (AvgIpc) is 2.64. The summed E-state index contributed by atoms with van der Waals surface area (Å²) in [4.78, 5) is 36.7. The van der Waals surface area contributed by atoms with Gasteiger partial charge in [-0.1, -0.05) is 23.7 Å². The molecule has 5 N–H and O–H groups in total. The molecule has 4 aliphatic rings. The summed E-state index contributed by atoms with van der Waals surface area (Å²) in [5.41, 5.74) is 10.8. The molecule has 0 aromatic heterocycles. The van der Waals surface area contributed by atoms with Crippen molar-refractivity contribution < 1.29 is 14.4 Å². The van der Waals surface area contributed by atoms with Crippen LogP contribution in [0.1, 0.15) is 56.6 Å². The number of amides is 4. The van der Waals surface area contributed by atoms with E-state index in [1.807, 2.05) is 0 Å². The van der Waals surface area contributed by atoms with Crippen molar-refractivity contribution in [1.29, 1.82) is 0 Å². The van der Waals surface area contributed by atoms with Crippen LogP contribution in [0, 0.1) is 23.2 Å². The Morgan fingerprint density at radius 1 is 1.00 bits per heavy atom. The SMILES string of the molecule is NC(=O)N[C@H](CC(=O)NNC(=O)C12CC3CC(CC(C3)C1)C2)c1ccc(Cl)cc1. The van der Waals surface area contributed by atoms with Crippen LogP contribution in [-0.4, -0.2) is 17.8 Å². The molecule has 1 atom stereocenters. The van der Waals surface area contributed by atoms with E-state index in [2.05, 4.69) is 16.2 Å². The van der Waals surface area contributed by atoms with E-state index in [1.165, 1.54) is 19.3 Å². The van der Waals surface area contributed by atoms with Gasteiger partial charge in [0, 0.05) is 5.02 Å². The van der Waals surface area contributed by atoms with Crippen molar-refractivity contribution in [3.05, 3.63) is 34.9 Å². The molecule has 29 heavy (non-hydrogen) atoms. The lowest BCUT2D eigenvalue weighted by atomic mass is 9.49. The predicted octanol–water partition coefficient (Wildman–Crippen LogP) is 2.80. The Hall–Kier alpha value is -2.28. The second-order valence-electron chi connectivity index (χ2n) is 9.02. The number of hydrogen-bond acceptors (Lipinski definition) is 3. The third-order valence-corrected chi connectivity index (χ3v) is 7.07. The molecule has 0 spiro atoms. The second kappa shape index (κ2) is 7.86. The van der Waals surface area contributed by atoms with Gasteiger partial charge in [0.25, 0.3) is 0 Å². The Balaban J connectivity index is 1.35. The fraction of sp³-hybridized carbons (Fsp3) is 0.571. The van der Waals surface area contributed by atoms with Gasteiger partial charge < -0.3 is 11.1 Å². The van der Waals surface area contributed by atoms with Gasteiger partial charge in [-0.3, -0.25) is 20.4 Å². The van der Waals surface area contributed by atoms with Crippen molar-refractivity contribution in [2.75, 3.05) is 0 Å². The maximum atomic E-state index is 12.9. The highest BCUT2D eigenvalue weighted by molar-refractivity contribution is 6.30. The molecule has 4 saturated carbocycles. The zero-order chi connectivity index (χ0) is 20.6. The van der Waals surface area contributed by atoms with Crippen LogP contribution in [-0.2, 0) is 9.59 Å². The Kier molecular flexibility index (Phi) is 5.42. The number of hydrogen-bond donors (Lipinski definition) is 4. The number of carbonyl (C=O) groups excluding carboxylic acids is 3. The second-order valence-corrected chi connectivity index (χ2v) is 9.45. The number of carbonyl (C=O) groups is 3. The zero-order valence-corrected chi connectivity index (χ0v) is 17.0. The van der Waals surface area contributed by atoms with E-state index in [9.17, 15) is 14.4 Å². The van der Waals surface area contributed by atoms with Crippen molar-refractivity contribution in [3.8, 4) is 0 Å². The van der Waals surface area contributed by atoms with Gasteiger partial charge in [-0.15, -0.1) is 0 Å². The van der Waals surface area contributed by atoms with E-state index in [-0.39, 0.29) is 17.7 Å². The number of benzene rings is 1. The van der Waals surface area contributed by atoms with Crippen LogP contribution in [0.15, 0.2) is 24.3 Å². The molecule has 0 unspecified atom stereocenters. The van der Waals surface area contributed by atoms with Crippen molar-refractivity contribution >= 4 is 29.4 Å². The summed E-state index contributed by atoms with van der Waals surface area (Å²) >= 11 is 5.90. The summed E-state index contributed by atoms with van der Waals surface area (Å²) in [5, 5.41) is 3.12. The lowest BCUT2D eigenvalue weighted by Gasteiger charge is -2.55. The van der Waals surface area contributed by atoms with Crippen LogP contribution in [0.25, 0.3) is 0 Å². The standard InChI is InChI=1S/C21H27ClN4O3/c22-16-3-1-15(2-4-16)17(24-20(23)29)8-18(27)25-26-19(28)21-9-12-5-13(10-21)7-14(6-12)11-21/h1-4,12-14,17H,5-11H2,(H,25,27)(H,26,28)(H3,23,24,29)/t12?,13?,14?,17-,21?/m1/s1. The van der Waals surface area contributed by atoms with Crippen LogP contribution < -0.4 is 21.9 Å². The number of urea groups is 1. The van der Waals surface area contributed by atoms with E-state index in [0.29, 0.717) is 28.3 Å². The molecule has 1 aromatic rings. The first kappa shape index (κ1) is 20.0. The number of nitrogens with two attached hydrogens (primary N) is 1. The molecule has 4 amide bonds. The Morgan fingerprint density at radius 3 is 2.07 bits per heavy atom. The molecular formula is C21H27ClN4O3. The van der Waals surface area contributed by atoms with Gasteiger partial charge >= 0.3 is 6.03 Å². The van der Waals surface area contributed by atoms with Crippen LogP contribution in [0.3, 0.4) is 0 Å². The normalized spacial score (nSPS) is 30.4. The van der Waals surface area contributed by atoms with Gasteiger partial charge in [0.05, 0.1) is 17.9 Å². The minimum atomic E-state index is -0.727. The number of rotatable bonds is 5. The van der Waals surface area contributed by atoms with Gasteiger partial charge in [-0.25, -0.2) is 4.79 Å². The molecule has 4 aliphatic carbocycles. The van der Waals surface area contributed by atoms with Gasteiger partial charge in [-0.2, -0.15) is 0 Å². The Bertz CT molecular complexity index is 775. The lowest BCUT2D eigenvalue weighted by molar-refractivity contribution is -0.149. The van der Waals surface area contributed by atoms with Crippen LogP contribution in [0.5, 0.6) is 0 Å². The molecule has 1 aromatic carbocycles. The maximum Gasteiger partial charge on any atom is 0.312 e. The molecule has 0 heterocycles. The summed E-state index contributed by atoms with van der Waals surface area (Å²) in [6, 6.07) is 5.48. The molecule has 0 radical (unpaired) electrons. The van der Waals surface area contributed by atoms with Gasteiger partial charge in [0.1, 0.15) is 0 Å². The third-order valence-electron chi connectivity index (χ3n) is 6.81. The number of nitrogens with one attached hydrogen (secondary N) is 3. The largest absolute Gasteiger partial charge is 0.352 e. The maximum absolute atomic E-state index is 12.9. The summed E-state index contributed by atoms with van der Waals surface area (Å²) in [7, 11) is 0. The Morgan fingerprint density at radius 2 is 1.55 bits per heavy atom. The van der Waals surface area contributed by atoms with Gasteiger partial charge in [-0.05, 0) is 74.0 Å². The Labute approximate surface area is 175 Å². The van der Waals surface area contributed by atoms with Crippen molar-refractivity contribution in [2.45, 2.75) is 51.0 Å². The quantitative estimate of drug-likeness (QED) is 0.551. The van der Waals surface area contributed by atoms with Gasteiger partial charge in [0.15, 0.2) is 0 Å². The molecule has 5 rings (SSSR count). The third kappa shape index (κ3) is 4.34. The summed E-state index contributed by atoms with van der Waals surface area (Å²) < 4.78 is 0. The summed E-state index contributed by atoms with van der Waals surface area (Å²) in [5.74, 6) is 1.48. The fourth-order valence-electron chi connectivity index (χ4n) is 6.00. The molecule has 7 nitrogen and oxygen atoms in total. The van der Waals surface area contributed by atoms with E-state index >= 15 is 0 Å². The van der Waals surface area contributed by atoms with E-state index in [1.54, 1.807) is 24.3 Å². The highest BCUT2D eigenvalue weighted by Crippen LogP contribution is 2.60. The smallest absolute Gasteiger partial charge is 0.312 e. The van der Waals surface area contributed by atoms with Crippen LogP contribution in [0.4, 0.5) is 4.79 Å². The number of primary amides is 1. The highest BCUT2D eigenvalue weighted by atomic mass is 35.5. The highest BCUT2D eigenvalue weighted by Gasteiger charge is 2.54. The summed E-state index contributed by atoms with van der Waals surface area (Å²) in [6.07, 6.45) is 6.49. The molecule has 4 bridgehead atoms. The predicted molar refractivity (Wildman–Crippen MR) is 108 cm³/mol.